The summed E-state index contributed by atoms with van der Waals surface area (Å²) in [6.45, 7) is 1.30. The Kier molecular flexibility index (Phi) is 1.78. The van der Waals surface area contributed by atoms with E-state index in [1.54, 1.807) is 12.1 Å². The second kappa shape index (κ2) is 2.15. The summed E-state index contributed by atoms with van der Waals surface area (Å²) in [6.07, 6.45) is 0. The fourth-order valence-electron chi connectivity index (χ4n) is 0.145. The van der Waals surface area contributed by atoms with Crippen molar-refractivity contribution in [2.45, 2.75) is 6.92 Å². The standard InChI is InChI=1S/C5H6N4/c1-5(2-6,3-7)4(8)9/h1H3,(H3,8,9). The molecule has 0 fully saturated rings. The number of nitriles is 2. The Morgan fingerprint density at radius 1 is 1.56 bits per heavy atom. The lowest BCUT2D eigenvalue weighted by molar-refractivity contribution is 0.790. The van der Waals surface area contributed by atoms with E-state index in [0.29, 0.717) is 0 Å². The average Bonchev–Trinajstić information content (AvgIpc) is 1.86. The van der Waals surface area contributed by atoms with Gasteiger partial charge >= 0.3 is 0 Å². The molecule has 0 saturated carbocycles. The Hall–Kier alpha value is -1.55. The molecule has 0 aromatic rings. The first-order chi connectivity index (χ1) is 4.06. The molecule has 0 atom stereocenters. The molecule has 0 radical (unpaired) electrons. The fraction of sp³-hybridized carbons (Fsp3) is 0.400. The minimum absolute atomic E-state index is 0.410. The molecule has 9 heavy (non-hydrogen) atoms. The predicted octanol–water partition coefficient (Wildman–Crippen LogP) is -0.0242. The lowest BCUT2D eigenvalue weighted by Gasteiger charge is -2.06. The van der Waals surface area contributed by atoms with E-state index in [1.807, 2.05) is 0 Å². The molecule has 0 amide bonds. The van der Waals surface area contributed by atoms with Gasteiger partial charge in [-0.05, 0) is 6.92 Å². The third-order valence-corrected chi connectivity index (χ3v) is 0.986. The summed E-state index contributed by atoms with van der Waals surface area (Å²) >= 11 is 0. The first-order valence-electron chi connectivity index (χ1n) is 2.24. The zero-order valence-corrected chi connectivity index (χ0v) is 4.97. The highest BCUT2D eigenvalue weighted by molar-refractivity contribution is 5.88. The largest absolute Gasteiger partial charge is 0.385 e. The molecule has 0 aliphatic heterocycles. The van der Waals surface area contributed by atoms with Gasteiger partial charge in [-0.3, -0.25) is 5.41 Å². The van der Waals surface area contributed by atoms with Crippen LogP contribution in [0.15, 0.2) is 0 Å². The lowest BCUT2D eigenvalue weighted by Crippen LogP contribution is -2.30. The minimum atomic E-state index is -1.44. The predicted molar refractivity (Wildman–Crippen MR) is 31.2 cm³/mol. The summed E-state index contributed by atoms with van der Waals surface area (Å²) in [4.78, 5) is 0. The average molecular weight is 122 g/mol. The molecule has 0 spiro atoms. The van der Waals surface area contributed by atoms with E-state index in [2.05, 4.69) is 0 Å². The number of nitrogens with one attached hydrogen (secondary N) is 1. The van der Waals surface area contributed by atoms with E-state index >= 15 is 0 Å². The maximum Gasteiger partial charge on any atom is 0.196 e. The first-order valence-corrected chi connectivity index (χ1v) is 2.24. The summed E-state index contributed by atoms with van der Waals surface area (Å²) < 4.78 is 0. The highest BCUT2D eigenvalue weighted by Crippen LogP contribution is 2.10. The van der Waals surface area contributed by atoms with Crippen LogP contribution < -0.4 is 5.73 Å². The highest BCUT2D eigenvalue weighted by atomic mass is 14.7. The highest BCUT2D eigenvalue weighted by Gasteiger charge is 2.26. The van der Waals surface area contributed by atoms with Gasteiger partial charge in [-0.25, -0.2) is 0 Å². The molecule has 0 heterocycles. The fourth-order valence-corrected chi connectivity index (χ4v) is 0.145. The molecule has 3 N–H and O–H groups in total. The Morgan fingerprint density at radius 2 is 1.89 bits per heavy atom. The van der Waals surface area contributed by atoms with Crippen LogP contribution in [0.3, 0.4) is 0 Å². The van der Waals surface area contributed by atoms with Crippen LogP contribution in [0.25, 0.3) is 0 Å². The Balaban J connectivity index is 4.60. The Labute approximate surface area is 53.0 Å². The third kappa shape index (κ3) is 1.17. The van der Waals surface area contributed by atoms with Gasteiger partial charge in [0.25, 0.3) is 0 Å². The van der Waals surface area contributed by atoms with E-state index in [0.717, 1.165) is 0 Å². The number of hydrogen-bond donors (Lipinski definition) is 2. The van der Waals surface area contributed by atoms with Crippen LogP contribution in [0.1, 0.15) is 6.92 Å². The molecule has 0 unspecified atom stereocenters. The summed E-state index contributed by atoms with van der Waals surface area (Å²) in [5.41, 5.74) is 3.49. The van der Waals surface area contributed by atoms with Crippen molar-refractivity contribution in [3.05, 3.63) is 0 Å². The van der Waals surface area contributed by atoms with Crippen LogP contribution >= 0.6 is 0 Å². The zero-order chi connectivity index (χ0) is 7.49. The smallest absolute Gasteiger partial charge is 0.196 e. The molecule has 0 bridgehead atoms. The molecule has 46 valence electrons. The van der Waals surface area contributed by atoms with E-state index in [4.69, 9.17) is 21.7 Å². The Bertz CT molecular complexity index is 190. The zero-order valence-electron chi connectivity index (χ0n) is 4.97. The first kappa shape index (κ1) is 7.45. The van der Waals surface area contributed by atoms with Gasteiger partial charge in [0, 0.05) is 0 Å². The lowest BCUT2D eigenvalue weighted by atomic mass is 9.94. The number of rotatable bonds is 1. The van der Waals surface area contributed by atoms with Crippen molar-refractivity contribution in [2.24, 2.45) is 11.1 Å². The molecule has 0 saturated heterocycles. The monoisotopic (exact) mass is 122 g/mol. The van der Waals surface area contributed by atoms with Crippen molar-refractivity contribution in [3.63, 3.8) is 0 Å². The summed E-state index contributed by atoms with van der Waals surface area (Å²) in [7, 11) is 0. The molecular formula is C5H6N4. The van der Waals surface area contributed by atoms with Crippen LogP contribution in [0, 0.1) is 33.5 Å². The quantitative estimate of drug-likeness (QED) is 0.377. The van der Waals surface area contributed by atoms with Crippen LogP contribution in [-0.4, -0.2) is 5.84 Å². The second-order valence-electron chi connectivity index (χ2n) is 1.76. The SMILES string of the molecule is CC(C#N)(C#N)C(=N)N. The molecule has 0 rings (SSSR count). The van der Waals surface area contributed by atoms with Gasteiger partial charge in [-0.2, -0.15) is 10.5 Å². The maximum atomic E-state index is 8.26. The second-order valence-corrected chi connectivity index (χ2v) is 1.76. The van der Waals surface area contributed by atoms with Gasteiger partial charge < -0.3 is 5.73 Å². The summed E-state index contributed by atoms with van der Waals surface area (Å²) in [5, 5.41) is 23.3. The third-order valence-electron chi connectivity index (χ3n) is 0.986. The van der Waals surface area contributed by atoms with Crippen LogP contribution in [0.5, 0.6) is 0 Å². The molecule has 0 aliphatic carbocycles. The van der Waals surface area contributed by atoms with Crippen LogP contribution in [0.4, 0.5) is 0 Å². The van der Waals surface area contributed by atoms with E-state index in [1.165, 1.54) is 6.92 Å². The topological polar surface area (TPSA) is 97.5 Å². The van der Waals surface area contributed by atoms with Gasteiger partial charge in [0.2, 0.25) is 0 Å². The molecule has 0 aromatic carbocycles. The van der Waals surface area contributed by atoms with Crippen LogP contribution in [-0.2, 0) is 0 Å². The summed E-state index contributed by atoms with van der Waals surface area (Å²) in [5.74, 6) is -0.410. The number of nitrogens with zero attached hydrogens (tertiary/aromatic N) is 2. The molecule has 4 heteroatoms. The van der Waals surface area contributed by atoms with E-state index < -0.39 is 11.3 Å². The van der Waals surface area contributed by atoms with Gasteiger partial charge in [-0.1, -0.05) is 0 Å². The van der Waals surface area contributed by atoms with Crippen molar-refractivity contribution in [1.82, 2.24) is 0 Å². The maximum absolute atomic E-state index is 8.26. The van der Waals surface area contributed by atoms with Crippen molar-refractivity contribution < 1.29 is 0 Å². The van der Waals surface area contributed by atoms with Crippen molar-refractivity contribution in [1.29, 1.82) is 15.9 Å². The van der Waals surface area contributed by atoms with Gasteiger partial charge in [0.05, 0.1) is 12.1 Å². The van der Waals surface area contributed by atoms with Crippen LogP contribution in [0.2, 0.25) is 0 Å². The van der Waals surface area contributed by atoms with Gasteiger partial charge in [0.1, 0.15) is 5.84 Å². The Morgan fingerprint density at radius 3 is 1.89 bits per heavy atom. The number of nitrogens with two attached hydrogens (primary N) is 1. The van der Waals surface area contributed by atoms with E-state index in [9.17, 15) is 0 Å². The van der Waals surface area contributed by atoms with Crippen molar-refractivity contribution in [3.8, 4) is 12.1 Å². The van der Waals surface area contributed by atoms with Crippen molar-refractivity contribution >= 4 is 5.84 Å². The number of amidine groups is 1. The van der Waals surface area contributed by atoms with E-state index in [-0.39, 0.29) is 0 Å². The normalized spacial score (nSPS) is 9.22. The molecular weight excluding hydrogens is 116 g/mol. The van der Waals surface area contributed by atoms with Crippen molar-refractivity contribution in [2.75, 3.05) is 0 Å². The summed E-state index contributed by atoms with van der Waals surface area (Å²) in [6, 6.07) is 3.23. The van der Waals surface area contributed by atoms with Gasteiger partial charge in [-0.15, -0.1) is 0 Å². The molecule has 4 nitrogen and oxygen atoms in total. The molecule has 0 aliphatic rings. The number of hydrogen-bond acceptors (Lipinski definition) is 3. The van der Waals surface area contributed by atoms with Gasteiger partial charge in [0.15, 0.2) is 5.41 Å². The minimum Gasteiger partial charge on any atom is -0.385 e. The molecule has 0 aromatic heterocycles.